The van der Waals surface area contributed by atoms with Gasteiger partial charge in [0, 0.05) is 18.1 Å². The lowest BCUT2D eigenvalue weighted by Gasteiger charge is -2.22. The Morgan fingerprint density at radius 1 is 1.05 bits per heavy atom. The second kappa shape index (κ2) is 6.93. The van der Waals surface area contributed by atoms with Gasteiger partial charge in [0.05, 0.1) is 5.02 Å². The number of aryl methyl sites for hydroxylation is 1. The molecule has 0 aliphatic heterocycles. The monoisotopic (exact) mass is 323 g/mol. The van der Waals surface area contributed by atoms with Crippen molar-refractivity contribution in [1.82, 2.24) is 4.31 Å². The van der Waals surface area contributed by atoms with Gasteiger partial charge in [-0.25, -0.2) is 8.42 Å². The van der Waals surface area contributed by atoms with Gasteiger partial charge in [0.25, 0.3) is 0 Å². The first-order chi connectivity index (χ1) is 8.84. The van der Waals surface area contributed by atoms with Crippen molar-refractivity contribution in [2.24, 2.45) is 0 Å². The molecule has 0 bridgehead atoms. The average molecular weight is 324 g/mol. The lowest BCUT2D eigenvalue weighted by molar-refractivity contribution is 0.410. The van der Waals surface area contributed by atoms with Crippen LogP contribution in [-0.2, 0) is 10.0 Å². The lowest BCUT2D eigenvalue weighted by Crippen LogP contribution is -2.32. The standard InChI is InChI=1S/C13H19Cl2NO2S/c1-4-6-16(7-5-2)19(17,18)13-8-10(3)11(14)9-12(13)15/h8-9H,4-7H2,1-3H3. The van der Waals surface area contributed by atoms with E-state index in [0.29, 0.717) is 23.7 Å². The number of rotatable bonds is 6. The van der Waals surface area contributed by atoms with E-state index < -0.39 is 10.0 Å². The molecule has 0 fully saturated rings. The van der Waals surface area contributed by atoms with E-state index in [1.165, 1.54) is 10.4 Å². The minimum Gasteiger partial charge on any atom is -0.207 e. The fourth-order valence-electron chi connectivity index (χ4n) is 1.82. The molecular weight excluding hydrogens is 305 g/mol. The molecule has 1 rings (SSSR count). The Morgan fingerprint density at radius 2 is 1.58 bits per heavy atom. The molecule has 0 saturated carbocycles. The molecule has 1 aromatic rings. The van der Waals surface area contributed by atoms with E-state index in [4.69, 9.17) is 23.2 Å². The van der Waals surface area contributed by atoms with Crippen LogP contribution in [0.15, 0.2) is 17.0 Å². The fraction of sp³-hybridized carbons (Fsp3) is 0.538. The molecule has 6 heteroatoms. The zero-order chi connectivity index (χ0) is 14.6. The Bertz CT molecular complexity index is 538. The van der Waals surface area contributed by atoms with Gasteiger partial charge in [0.2, 0.25) is 10.0 Å². The molecule has 0 saturated heterocycles. The molecule has 0 aliphatic rings. The quantitative estimate of drug-likeness (QED) is 0.789. The third kappa shape index (κ3) is 3.85. The Hall–Kier alpha value is -0.290. The maximum absolute atomic E-state index is 12.6. The molecule has 1 aromatic carbocycles. The van der Waals surface area contributed by atoms with Crippen LogP contribution in [0.5, 0.6) is 0 Å². The summed E-state index contributed by atoms with van der Waals surface area (Å²) in [5.41, 5.74) is 0.706. The van der Waals surface area contributed by atoms with Gasteiger partial charge in [-0.1, -0.05) is 37.0 Å². The molecule has 0 radical (unpaired) electrons. The minimum absolute atomic E-state index is 0.137. The van der Waals surface area contributed by atoms with Crippen LogP contribution >= 0.6 is 23.2 Å². The summed E-state index contributed by atoms with van der Waals surface area (Å²) in [4.78, 5) is 0.137. The smallest absolute Gasteiger partial charge is 0.207 e. The van der Waals surface area contributed by atoms with Crippen molar-refractivity contribution in [3.63, 3.8) is 0 Å². The Kier molecular flexibility index (Phi) is 6.12. The first-order valence-electron chi connectivity index (χ1n) is 6.30. The SMILES string of the molecule is CCCN(CCC)S(=O)(=O)c1cc(C)c(Cl)cc1Cl. The molecule has 0 aromatic heterocycles. The van der Waals surface area contributed by atoms with Gasteiger partial charge in [0.1, 0.15) is 4.90 Å². The van der Waals surface area contributed by atoms with Crippen molar-refractivity contribution in [1.29, 1.82) is 0 Å². The number of hydrogen-bond donors (Lipinski definition) is 0. The van der Waals surface area contributed by atoms with Crippen molar-refractivity contribution < 1.29 is 8.42 Å². The van der Waals surface area contributed by atoms with Gasteiger partial charge in [-0.3, -0.25) is 0 Å². The van der Waals surface area contributed by atoms with Crippen LogP contribution < -0.4 is 0 Å². The Labute approximate surface area is 125 Å². The van der Waals surface area contributed by atoms with Gasteiger partial charge < -0.3 is 0 Å². The Balaban J connectivity index is 3.28. The molecule has 0 aliphatic carbocycles. The van der Waals surface area contributed by atoms with Crippen LogP contribution in [0, 0.1) is 6.92 Å². The highest BCUT2D eigenvalue weighted by atomic mass is 35.5. The Morgan fingerprint density at radius 3 is 2.05 bits per heavy atom. The number of nitrogens with zero attached hydrogens (tertiary/aromatic N) is 1. The maximum atomic E-state index is 12.6. The van der Waals surface area contributed by atoms with E-state index in [0.717, 1.165) is 12.8 Å². The second-order valence-electron chi connectivity index (χ2n) is 4.44. The van der Waals surface area contributed by atoms with E-state index >= 15 is 0 Å². The van der Waals surface area contributed by atoms with E-state index in [-0.39, 0.29) is 9.92 Å². The zero-order valence-corrected chi connectivity index (χ0v) is 13.7. The van der Waals surface area contributed by atoms with Crippen LogP contribution in [-0.4, -0.2) is 25.8 Å². The van der Waals surface area contributed by atoms with Crippen LogP contribution in [0.2, 0.25) is 10.0 Å². The molecule has 0 unspecified atom stereocenters. The zero-order valence-electron chi connectivity index (χ0n) is 11.4. The van der Waals surface area contributed by atoms with Crippen molar-refractivity contribution in [3.8, 4) is 0 Å². The molecule has 0 amide bonds. The van der Waals surface area contributed by atoms with Crippen molar-refractivity contribution in [2.75, 3.05) is 13.1 Å². The molecule has 0 heterocycles. The third-order valence-corrected chi connectivity index (χ3v) is 5.55. The van der Waals surface area contributed by atoms with Gasteiger partial charge in [-0.2, -0.15) is 4.31 Å². The summed E-state index contributed by atoms with van der Waals surface area (Å²) < 4.78 is 26.7. The normalized spacial score (nSPS) is 12.1. The molecule has 19 heavy (non-hydrogen) atoms. The summed E-state index contributed by atoms with van der Waals surface area (Å²) in [5, 5.41) is 0.647. The van der Waals surface area contributed by atoms with E-state index in [1.807, 2.05) is 13.8 Å². The molecule has 0 N–H and O–H groups in total. The highest BCUT2D eigenvalue weighted by molar-refractivity contribution is 7.89. The summed E-state index contributed by atoms with van der Waals surface area (Å²) in [6.07, 6.45) is 1.53. The summed E-state index contributed by atoms with van der Waals surface area (Å²) >= 11 is 12.0. The lowest BCUT2D eigenvalue weighted by atomic mass is 10.2. The molecule has 0 atom stereocenters. The molecule has 3 nitrogen and oxygen atoms in total. The van der Waals surface area contributed by atoms with E-state index in [1.54, 1.807) is 13.0 Å². The van der Waals surface area contributed by atoms with Gasteiger partial charge in [-0.05, 0) is 37.5 Å². The largest absolute Gasteiger partial charge is 0.244 e. The summed E-state index contributed by atoms with van der Waals surface area (Å²) in [6, 6.07) is 3.03. The van der Waals surface area contributed by atoms with Crippen LogP contribution in [0.25, 0.3) is 0 Å². The van der Waals surface area contributed by atoms with Gasteiger partial charge in [-0.15, -0.1) is 0 Å². The number of benzene rings is 1. The van der Waals surface area contributed by atoms with Crippen LogP contribution in [0.3, 0.4) is 0 Å². The molecule has 108 valence electrons. The number of hydrogen-bond acceptors (Lipinski definition) is 2. The summed E-state index contributed by atoms with van der Waals surface area (Å²) in [6.45, 7) is 6.66. The van der Waals surface area contributed by atoms with E-state index in [9.17, 15) is 8.42 Å². The van der Waals surface area contributed by atoms with Crippen molar-refractivity contribution in [2.45, 2.75) is 38.5 Å². The maximum Gasteiger partial charge on any atom is 0.244 e. The predicted molar refractivity (Wildman–Crippen MR) is 80.5 cm³/mol. The highest BCUT2D eigenvalue weighted by Crippen LogP contribution is 2.30. The van der Waals surface area contributed by atoms with Crippen molar-refractivity contribution >= 4 is 33.2 Å². The first-order valence-corrected chi connectivity index (χ1v) is 8.50. The van der Waals surface area contributed by atoms with Crippen molar-refractivity contribution in [3.05, 3.63) is 27.7 Å². The van der Waals surface area contributed by atoms with Crippen LogP contribution in [0.1, 0.15) is 32.3 Å². The first kappa shape index (κ1) is 16.8. The second-order valence-corrected chi connectivity index (χ2v) is 7.16. The van der Waals surface area contributed by atoms with E-state index in [2.05, 4.69) is 0 Å². The highest BCUT2D eigenvalue weighted by Gasteiger charge is 2.26. The fourth-order valence-corrected chi connectivity index (χ4v) is 4.25. The number of sulfonamides is 1. The third-order valence-electron chi connectivity index (χ3n) is 2.78. The molecule has 0 spiro atoms. The summed E-state index contributed by atoms with van der Waals surface area (Å²) in [7, 11) is -3.55. The number of halogens is 2. The van der Waals surface area contributed by atoms with Crippen LogP contribution in [0.4, 0.5) is 0 Å². The van der Waals surface area contributed by atoms with Gasteiger partial charge in [0.15, 0.2) is 0 Å². The molecular formula is C13H19Cl2NO2S. The average Bonchev–Trinajstić information content (AvgIpc) is 2.33. The van der Waals surface area contributed by atoms with Gasteiger partial charge >= 0.3 is 0 Å². The topological polar surface area (TPSA) is 37.4 Å². The summed E-state index contributed by atoms with van der Waals surface area (Å²) in [5.74, 6) is 0. The minimum atomic E-state index is -3.55. The predicted octanol–water partition coefficient (Wildman–Crippen LogP) is 4.11.